The highest BCUT2D eigenvalue weighted by atomic mass is 32.2. The number of nitrogens with zero attached hydrogens (tertiary/aromatic N) is 2. The average molecular weight is 357 g/mol. The van der Waals surface area contributed by atoms with Crippen LogP contribution in [0.1, 0.15) is 5.56 Å². The van der Waals surface area contributed by atoms with E-state index in [4.69, 9.17) is 14.2 Å². The van der Waals surface area contributed by atoms with Gasteiger partial charge in [0.1, 0.15) is 5.75 Å². The van der Waals surface area contributed by atoms with Crippen LogP contribution < -0.4 is 19.6 Å². The average Bonchev–Trinajstić information content (AvgIpc) is 2.68. The normalized spacial score (nSPS) is 15.3. The second-order valence-electron chi connectivity index (χ2n) is 5.15. The van der Waals surface area contributed by atoms with Gasteiger partial charge in [-0.3, -0.25) is 5.43 Å². The minimum Gasteiger partial charge on any atom is -0.497 e. The zero-order chi connectivity index (χ0) is 17.6. The number of thioether (sulfide) groups is 1. The molecule has 0 unspecified atom stereocenters. The number of hydrogen-bond acceptors (Lipinski definition) is 6. The molecule has 0 aliphatic carbocycles. The van der Waals surface area contributed by atoms with Crippen LogP contribution in [0.3, 0.4) is 0 Å². The Labute approximate surface area is 150 Å². The zero-order valence-corrected chi connectivity index (χ0v) is 15.1. The van der Waals surface area contributed by atoms with E-state index in [1.165, 1.54) is 0 Å². The minimum atomic E-state index is 0.684. The van der Waals surface area contributed by atoms with E-state index < -0.39 is 0 Å². The van der Waals surface area contributed by atoms with Crippen molar-refractivity contribution >= 4 is 28.3 Å². The van der Waals surface area contributed by atoms with E-state index in [1.807, 2.05) is 42.5 Å². The van der Waals surface area contributed by atoms with Gasteiger partial charge in [0.25, 0.3) is 0 Å². The van der Waals surface area contributed by atoms with E-state index in [0.717, 1.165) is 27.9 Å². The van der Waals surface area contributed by atoms with Gasteiger partial charge in [0.2, 0.25) is 0 Å². The summed E-state index contributed by atoms with van der Waals surface area (Å²) >= 11 is 1.59. The van der Waals surface area contributed by atoms with Crippen molar-refractivity contribution in [2.24, 2.45) is 10.1 Å². The molecule has 6 nitrogen and oxygen atoms in total. The molecule has 0 saturated heterocycles. The topological polar surface area (TPSA) is 64.4 Å². The Hall–Kier alpha value is -2.67. The minimum absolute atomic E-state index is 0.684. The highest BCUT2D eigenvalue weighted by Crippen LogP contribution is 2.29. The van der Waals surface area contributed by atoms with Crippen molar-refractivity contribution in [2.45, 2.75) is 0 Å². The van der Waals surface area contributed by atoms with Crippen molar-refractivity contribution in [3.63, 3.8) is 0 Å². The van der Waals surface area contributed by atoms with Crippen LogP contribution in [0.5, 0.6) is 17.2 Å². The zero-order valence-electron chi connectivity index (χ0n) is 14.3. The van der Waals surface area contributed by atoms with Gasteiger partial charge in [-0.15, -0.1) is 0 Å². The van der Waals surface area contributed by atoms with Gasteiger partial charge in [-0.1, -0.05) is 17.8 Å². The predicted molar refractivity (Wildman–Crippen MR) is 102 cm³/mol. The molecule has 0 spiro atoms. The number of hydrogen-bond donors (Lipinski definition) is 1. The van der Waals surface area contributed by atoms with Crippen LogP contribution in [0.4, 0.5) is 5.69 Å². The Morgan fingerprint density at radius 1 is 1.00 bits per heavy atom. The SMILES string of the molecule is COc1cccc(N=C2NN=C(c3ccc(OC)c(OC)c3)CS2)c1. The summed E-state index contributed by atoms with van der Waals surface area (Å²) < 4.78 is 15.8. The lowest BCUT2D eigenvalue weighted by Crippen LogP contribution is -2.25. The van der Waals surface area contributed by atoms with Gasteiger partial charge in [-0.2, -0.15) is 5.10 Å². The molecule has 130 valence electrons. The molecule has 0 fully saturated rings. The van der Waals surface area contributed by atoms with Crippen LogP contribution in [0.15, 0.2) is 52.6 Å². The van der Waals surface area contributed by atoms with E-state index in [9.17, 15) is 0 Å². The molecule has 0 aromatic heterocycles. The van der Waals surface area contributed by atoms with E-state index in [2.05, 4.69) is 15.5 Å². The fourth-order valence-corrected chi connectivity index (χ4v) is 3.12. The molecule has 7 heteroatoms. The summed E-state index contributed by atoms with van der Waals surface area (Å²) in [5.41, 5.74) is 5.74. The molecule has 3 rings (SSSR count). The third-order valence-electron chi connectivity index (χ3n) is 3.63. The van der Waals surface area contributed by atoms with Gasteiger partial charge in [0.05, 0.1) is 32.7 Å². The molecule has 0 radical (unpaired) electrons. The number of nitrogens with one attached hydrogen (secondary N) is 1. The van der Waals surface area contributed by atoms with Gasteiger partial charge >= 0.3 is 0 Å². The second-order valence-corrected chi connectivity index (χ2v) is 6.11. The standard InChI is InChI=1S/C18H19N3O3S/c1-22-14-6-4-5-13(10-14)19-18-21-20-15(11-25-18)12-7-8-16(23-2)17(9-12)24-3/h4-10H,11H2,1-3H3,(H,19,21). The fourth-order valence-electron chi connectivity index (χ4n) is 2.33. The van der Waals surface area contributed by atoms with Crippen molar-refractivity contribution in [1.82, 2.24) is 5.43 Å². The van der Waals surface area contributed by atoms with Crippen molar-refractivity contribution in [1.29, 1.82) is 0 Å². The second kappa shape index (κ2) is 7.94. The van der Waals surface area contributed by atoms with Gasteiger partial charge in [-0.25, -0.2) is 4.99 Å². The molecular formula is C18H19N3O3S. The maximum absolute atomic E-state index is 5.35. The molecular weight excluding hydrogens is 338 g/mol. The molecule has 1 N–H and O–H groups in total. The van der Waals surface area contributed by atoms with E-state index in [0.29, 0.717) is 17.3 Å². The highest BCUT2D eigenvalue weighted by Gasteiger charge is 2.15. The summed E-state index contributed by atoms with van der Waals surface area (Å²) in [6.45, 7) is 0. The van der Waals surface area contributed by atoms with E-state index in [1.54, 1.807) is 33.1 Å². The van der Waals surface area contributed by atoms with Crippen LogP contribution in [0.25, 0.3) is 0 Å². The third-order valence-corrected chi connectivity index (χ3v) is 4.51. The first-order valence-electron chi connectivity index (χ1n) is 7.64. The first-order valence-corrected chi connectivity index (χ1v) is 8.62. The van der Waals surface area contributed by atoms with Crippen LogP contribution in [0, 0.1) is 0 Å². The summed E-state index contributed by atoms with van der Waals surface area (Å²) in [7, 11) is 4.88. The maximum Gasteiger partial charge on any atom is 0.182 e. The van der Waals surface area contributed by atoms with Crippen molar-refractivity contribution in [2.75, 3.05) is 27.1 Å². The summed E-state index contributed by atoms with van der Waals surface area (Å²) in [6, 6.07) is 13.4. The van der Waals surface area contributed by atoms with Crippen molar-refractivity contribution < 1.29 is 14.2 Å². The number of hydrazone groups is 1. The summed E-state index contributed by atoms with van der Waals surface area (Å²) in [5.74, 6) is 2.87. The smallest absolute Gasteiger partial charge is 0.182 e. The lowest BCUT2D eigenvalue weighted by molar-refractivity contribution is 0.355. The lowest BCUT2D eigenvalue weighted by Gasteiger charge is -2.16. The maximum atomic E-state index is 5.35. The summed E-state index contributed by atoms with van der Waals surface area (Å²) in [6.07, 6.45) is 0. The number of methoxy groups -OCH3 is 3. The molecule has 2 aromatic rings. The van der Waals surface area contributed by atoms with E-state index in [-0.39, 0.29) is 0 Å². The van der Waals surface area contributed by atoms with E-state index >= 15 is 0 Å². The monoisotopic (exact) mass is 357 g/mol. The molecule has 2 aromatic carbocycles. The quantitative estimate of drug-likeness (QED) is 0.888. The molecule has 25 heavy (non-hydrogen) atoms. The van der Waals surface area contributed by atoms with Crippen LogP contribution >= 0.6 is 11.8 Å². The summed E-state index contributed by atoms with van der Waals surface area (Å²) in [4.78, 5) is 4.55. The Morgan fingerprint density at radius 3 is 2.52 bits per heavy atom. The number of ether oxygens (including phenoxy) is 3. The van der Waals surface area contributed by atoms with Crippen LogP contribution in [-0.4, -0.2) is 38.0 Å². The van der Waals surface area contributed by atoms with Crippen molar-refractivity contribution in [3.05, 3.63) is 48.0 Å². The molecule has 1 aliphatic heterocycles. The van der Waals surface area contributed by atoms with Gasteiger partial charge in [0, 0.05) is 17.4 Å². The molecule has 1 aliphatic rings. The van der Waals surface area contributed by atoms with Crippen molar-refractivity contribution in [3.8, 4) is 17.2 Å². The molecule has 1 heterocycles. The molecule has 0 amide bonds. The Bertz CT molecular complexity index is 821. The fraction of sp³-hybridized carbons (Fsp3) is 0.222. The predicted octanol–water partition coefficient (Wildman–Crippen LogP) is 3.44. The molecule has 0 saturated carbocycles. The van der Waals surface area contributed by atoms with Gasteiger partial charge in [-0.05, 0) is 30.3 Å². The number of rotatable bonds is 5. The Balaban J connectivity index is 1.77. The highest BCUT2D eigenvalue weighted by molar-refractivity contribution is 8.14. The number of aliphatic imine (C=N–C) groups is 1. The molecule has 0 atom stereocenters. The van der Waals surface area contributed by atoms with Crippen LogP contribution in [0.2, 0.25) is 0 Å². The first-order chi connectivity index (χ1) is 12.2. The Morgan fingerprint density at radius 2 is 1.84 bits per heavy atom. The first kappa shape index (κ1) is 17.2. The summed E-state index contributed by atoms with van der Waals surface area (Å²) in [5, 5.41) is 5.19. The Kier molecular flexibility index (Phi) is 5.45. The van der Waals surface area contributed by atoms with Crippen LogP contribution in [-0.2, 0) is 0 Å². The number of benzene rings is 2. The third kappa shape index (κ3) is 4.06. The molecule has 0 bridgehead atoms. The lowest BCUT2D eigenvalue weighted by atomic mass is 10.1. The van der Waals surface area contributed by atoms with Gasteiger partial charge in [0.15, 0.2) is 16.7 Å². The van der Waals surface area contributed by atoms with Gasteiger partial charge < -0.3 is 14.2 Å². The number of amidine groups is 1. The largest absolute Gasteiger partial charge is 0.497 e.